The van der Waals surface area contributed by atoms with Crippen LogP contribution in [0.3, 0.4) is 0 Å². The average Bonchev–Trinajstić information content (AvgIpc) is 3.51. The first-order valence-corrected chi connectivity index (χ1v) is 11.1. The third-order valence-electron chi connectivity index (χ3n) is 6.99. The number of ether oxygens (including phenoxy) is 2. The van der Waals surface area contributed by atoms with Gasteiger partial charge in [0.25, 0.3) is 0 Å². The van der Waals surface area contributed by atoms with Gasteiger partial charge in [0.2, 0.25) is 30.4 Å². The SMILES string of the molecule is NC(=O)C[C@H]1N[C@]2(C(=O)Nc3c(Cl)cccc32)[C@@H]2C(=O)N(Cc3ccc4c(c3)OCO4)C(=O)[C@@H]21. The summed E-state index contributed by atoms with van der Waals surface area (Å²) in [5.41, 5.74) is 5.43. The Labute approximate surface area is 198 Å². The number of nitrogens with two attached hydrogens (primary N) is 1. The number of para-hydroxylation sites is 1. The molecule has 10 nitrogen and oxygen atoms in total. The topological polar surface area (TPSA) is 140 Å². The summed E-state index contributed by atoms with van der Waals surface area (Å²) in [6.07, 6.45) is -0.205. The van der Waals surface area contributed by atoms with Gasteiger partial charge >= 0.3 is 0 Å². The molecule has 4 N–H and O–H groups in total. The zero-order chi connectivity index (χ0) is 23.8. The normalized spacial score (nSPS) is 28.4. The van der Waals surface area contributed by atoms with Crippen LogP contribution in [0.25, 0.3) is 0 Å². The fourth-order valence-electron chi connectivity index (χ4n) is 5.62. The summed E-state index contributed by atoms with van der Waals surface area (Å²) in [5.74, 6) is -3.00. The van der Waals surface area contributed by atoms with Crippen molar-refractivity contribution in [1.29, 1.82) is 0 Å². The highest BCUT2D eigenvalue weighted by atomic mass is 35.5. The van der Waals surface area contributed by atoms with Crippen molar-refractivity contribution >= 4 is 40.9 Å². The summed E-state index contributed by atoms with van der Waals surface area (Å²) in [4.78, 5) is 53.6. The Morgan fingerprint density at radius 1 is 1.15 bits per heavy atom. The Kier molecular flexibility index (Phi) is 4.42. The predicted molar refractivity (Wildman–Crippen MR) is 118 cm³/mol. The maximum Gasteiger partial charge on any atom is 0.250 e. The quantitative estimate of drug-likeness (QED) is 0.549. The molecule has 4 aliphatic rings. The minimum Gasteiger partial charge on any atom is -0.454 e. The molecule has 34 heavy (non-hydrogen) atoms. The van der Waals surface area contributed by atoms with Crippen LogP contribution in [-0.2, 0) is 31.3 Å². The first kappa shape index (κ1) is 20.9. The van der Waals surface area contributed by atoms with Crippen LogP contribution in [0, 0.1) is 11.8 Å². The highest BCUT2D eigenvalue weighted by Gasteiger charge is 2.70. The van der Waals surface area contributed by atoms with Crippen LogP contribution in [0.15, 0.2) is 36.4 Å². The van der Waals surface area contributed by atoms with Crippen LogP contribution < -0.4 is 25.8 Å². The van der Waals surface area contributed by atoms with Crippen LogP contribution in [0.4, 0.5) is 5.69 Å². The highest BCUT2D eigenvalue weighted by molar-refractivity contribution is 6.35. The molecule has 0 unspecified atom stereocenters. The van der Waals surface area contributed by atoms with E-state index in [4.69, 9.17) is 26.8 Å². The monoisotopic (exact) mass is 482 g/mol. The number of anilines is 1. The number of hydrogen-bond donors (Lipinski definition) is 3. The largest absolute Gasteiger partial charge is 0.454 e. The second-order valence-electron chi connectivity index (χ2n) is 8.80. The van der Waals surface area contributed by atoms with Crippen molar-refractivity contribution in [2.45, 2.75) is 24.5 Å². The molecule has 6 rings (SSSR count). The van der Waals surface area contributed by atoms with Crippen LogP contribution in [0.2, 0.25) is 5.02 Å². The Balaban J connectivity index is 1.42. The number of primary amides is 1. The van der Waals surface area contributed by atoms with Crippen LogP contribution in [0.5, 0.6) is 11.5 Å². The lowest BCUT2D eigenvalue weighted by Gasteiger charge is -2.29. The standard InChI is InChI=1S/C23H19ClN4O6/c24-12-3-1-2-11-19(12)26-22(32)23(11)18-17(13(27-23)7-16(25)29)20(30)28(21(18)31)8-10-4-5-14-15(6-10)34-9-33-14/h1-6,13,17-18,27H,7-9H2,(H2,25,29)(H,26,32)/t13-,17-,18+,23+/m1/s1. The number of hydrogen-bond acceptors (Lipinski definition) is 7. The number of fused-ring (bicyclic) bond motifs is 5. The van der Waals surface area contributed by atoms with Gasteiger partial charge in [-0.05, 0) is 23.8 Å². The van der Waals surface area contributed by atoms with Crippen molar-refractivity contribution in [3.8, 4) is 11.5 Å². The number of halogens is 1. The molecule has 4 heterocycles. The first-order chi connectivity index (χ1) is 16.3. The molecule has 2 fully saturated rings. The summed E-state index contributed by atoms with van der Waals surface area (Å²) < 4.78 is 10.7. The van der Waals surface area contributed by atoms with Gasteiger partial charge in [-0.1, -0.05) is 29.8 Å². The summed E-state index contributed by atoms with van der Waals surface area (Å²) in [7, 11) is 0. The molecule has 174 valence electrons. The minimum atomic E-state index is -1.54. The second-order valence-corrected chi connectivity index (χ2v) is 9.21. The second kappa shape index (κ2) is 7.18. The highest BCUT2D eigenvalue weighted by Crippen LogP contribution is 2.54. The first-order valence-electron chi connectivity index (χ1n) is 10.7. The molecule has 0 bridgehead atoms. The number of amides is 4. The van der Waals surface area contributed by atoms with E-state index in [1.54, 1.807) is 36.4 Å². The van der Waals surface area contributed by atoms with Crippen molar-refractivity contribution < 1.29 is 28.7 Å². The fourth-order valence-corrected chi connectivity index (χ4v) is 5.84. The smallest absolute Gasteiger partial charge is 0.250 e. The number of rotatable bonds is 4. The Bertz CT molecular complexity index is 1300. The molecule has 2 aromatic carbocycles. The van der Waals surface area contributed by atoms with Crippen molar-refractivity contribution in [2.24, 2.45) is 17.6 Å². The van der Waals surface area contributed by atoms with Crippen molar-refractivity contribution in [3.05, 3.63) is 52.5 Å². The maximum absolute atomic E-state index is 13.7. The van der Waals surface area contributed by atoms with E-state index < -0.39 is 47.0 Å². The molecule has 0 aliphatic carbocycles. The number of benzene rings is 2. The lowest BCUT2D eigenvalue weighted by atomic mass is 9.76. The molecule has 2 aromatic rings. The van der Waals surface area contributed by atoms with Crippen molar-refractivity contribution in [3.63, 3.8) is 0 Å². The lowest BCUT2D eigenvalue weighted by Crippen LogP contribution is -2.53. The van der Waals surface area contributed by atoms with E-state index in [2.05, 4.69) is 10.6 Å². The zero-order valence-electron chi connectivity index (χ0n) is 17.7. The molecule has 4 amide bonds. The number of imide groups is 1. The average molecular weight is 483 g/mol. The van der Waals surface area contributed by atoms with Crippen molar-refractivity contribution in [1.82, 2.24) is 10.2 Å². The van der Waals surface area contributed by atoms with Gasteiger partial charge in [-0.25, -0.2) is 0 Å². The Hall–Kier alpha value is -3.63. The molecular formula is C23H19ClN4O6. The molecule has 0 aromatic heterocycles. The fraction of sp³-hybridized carbons (Fsp3) is 0.304. The van der Waals surface area contributed by atoms with Gasteiger partial charge in [0.1, 0.15) is 5.54 Å². The molecular weight excluding hydrogens is 464 g/mol. The van der Waals surface area contributed by atoms with Crippen LogP contribution in [0.1, 0.15) is 17.5 Å². The van der Waals surface area contributed by atoms with Gasteiger partial charge in [0.05, 0.1) is 29.1 Å². The van der Waals surface area contributed by atoms with E-state index in [-0.39, 0.29) is 19.8 Å². The third-order valence-corrected chi connectivity index (χ3v) is 7.30. The number of likely N-dealkylation sites (tertiary alicyclic amines) is 1. The predicted octanol–water partition coefficient (Wildman–Crippen LogP) is 0.865. The van der Waals surface area contributed by atoms with Gasteiger partial charge < -0.3 is 20.5 Å². The van der Waals surface area contributed by atoms with E-state index in [1.165, 1.54) is 0 Å². The lowest BCUT2D eigenvalue weighted by molar-refractivity contribution is -0.143. The summed E-state index contributed by atoms with van der Waals surface area (Å²) in [6.45, 7) is 0.0925. The van der Waals surface area contributed by atoms with Gasteiger partial charge in [-0.3, -0.25) is 29.4 Å². The molecule has 0 saturated carbocycles. The third kappa shape index (κ3) is 2.72. The molecule has 4 aliphatic heterocycles. The summed E-state index contributed by atoms with van der Waals surface area (Å²) in [5, 5.41) is 6.20. The van der Waals surface area contributed by atoms with E-state index in [0.717, 1.165) is 4.90 Å². The number of carbonyl (C=O) groups is 4. The van der Waals surface area contributed by atoms with E-state index in [1.807, 2.05) is 0 Å². The van der Waals surface area contributed by atoms with E-state index >= 15 is 0 Å². The Morgan fingerprint density at radius 2 is 1.94 bits per heavy atom. The molecule has 2 saturated heterocycles. The van der Waals surface area contributed by atoms with E-state index in [0.29, 0.717) is 33.3 Å². The molecule has 0 radical (unpaired) electrons. The number of nitrogens with one attached hydrogen (secondary N) is 2. The van der Waals surface area contributed by atoms with Gasteiger partial charge in [0.15, 0.2) is 11.5 Å². The Morgan fingerprint density at radius 3 is 2.74 bits per heavy atom. The van der Waals surface area contributed by atoms with Crippen LogP contribution in [-0.4, -0.2) is 41.4 Å². The molecule has 11 heteroatoms. The molecule has 1 spiro atoms. The molecule has 4 atom stereocenters. The summed E-state index contributed by atoms with van der Waals surface area (Å²) in [6, 6.07) is 9.36. The number of carbonyl (C=O) groups excluding carboxylic acids is 4. The number of nitrogens with zero attached hydrogens (tertiary/aromatic N) is 1. The summed E-state index contributed by atoms with van der Waals surface area (Å²) >= 11 is 6.31. The zero-order valence-corrected chi connectivity index (χ0v) is 18.4. The van der Waals surface area contributed by atoms with Gasteiger partial charge in [-0.2, -0.15) is 0 Å². The maximum atomic E-state index is 13.7. The van der Waals surface area contributed by atoms with E-state index in [9.17, 15) is 19.2 Å². The van der Waals surface area contributed by atoms with Crippen LogP contribution >= 0.6 is 11.6 Å². The van der Waals surface area contributed by atoms with Gasteiger partial charge in [-0.15, -0.1) is 0 Å². The minimum absolute atomic E-state index is 0.00923. The van der Waals surface area contributed by atoms with Gasteiger partial charge in [0, 0.05) is 18.0 Å². The van der Waals surface area contributed by atoms with Crippen molar-refractivity contribution in [2.75, 3.05) is 12.1 Å².